The molecular weight excluding hydrogens is 398 g/mol. The van der Waals surface area contributed by atoms with Gasteiger partial charge in [-0.25, -0.2) is 18.3 Å². The van der Waals surface area contributed by atoms with Crippen LogP contribution >= 0.6 is 0 Å². The lowest BCUT2D eigenvalue weighted by Crippen LogP contribution is -2.02. The van der Waals surface area contributed by atoms with Crippen molar-refractivity contribution in [3.63, 3.8) is 0 Å². The Balaban J connectivity index is 1.69. The summed E-state index contributed by atoms with van der Waals surface area (Å²) in [4.78, 5) is 20.7. The minimum Gasteiger partial charge on any atom is -0.465 e. The predicted octanol–water partition coefficient (Wildman–Crippen LogP) is 3.53. The highest BCUT2D eigenvalue weighted by atomic mass is 19.1. The number of hydrogen-bond donors (Lipinski definition) is 0. The lowest BCUT2D eigenvalue weighted by molar-refractivity contribution is 0.0600. The second-order valence-corrected chi connectivity index (χ2v) is 6.14. The topological polar surface area (TPSA) is 87.8 Å². The number of pyridine rings is 1. The van der Waals surface area contributed by atoms with Gasteiger partial charge in [-0.1, -0.05) is 5.16 Å². The Labute approximate surface area is 170 Å². The summed E-state index contributed by atoms with van der Waals surface area (Å²) < 4.78 is 38.6. The molecule has 0 saturated heterocycles. The van der Waals surface area contributed by atoms with Crippen LogP contribution < -0.4 is 4.74 Å². The van der Waals surface area contributed by atoms with Crippen LogP contribution in [-0.4, -0.2) is 34.1 Å². The lowest BCUT2D eigenvalue weighted by atomic mass is 10.2. The third-order valence-corrected chi connectivity index (χ3v) is 4.03. The fraction of sp³-hybridized carbons (Fsp3) is 0.200. The first kappa shape index (κ1) is 20.9. The minimum absolute atomic E-state index is 0.0556. The van der Waals surface area contributed by atoms with Gasteiger partial charge >= 0.3 is 5.97 Å². The minimum atomic E-state index is -0.838. The lowest BCUT2D eigenvalue weighted by Gasteiger charge is -2.08. The molecule has 3 rings (SSSR count). The highest BCUT2D eigenvalue weighted by molar-refractivity contribution is 5.88. The summed E-state index contributed by atoms with van der Waals surface area (Å²) in [6.07, 6.45) is 2.75. The monoisotopic (exact) mass is 416 g/mol. The maximum atomic E-state index is 13.9. The summed E-state index contributed by atoms with van der Waals surface area (Å²) in [5.74, 6) is -1.96. The normalized spacial score (nSPS) is 11.0. The summed E-state index contributed by atoms with van der Waals surface area (Å²) in [6.45, 7) is 1.78. The van der Waals surface area contributed by atoms with Crippen LogP contribution in [0.25, 0.3) is 0 Å². The van der Waals surface area contributed by atoms with Gasteiger partial charge in [0.2, 0.25) is 5.88 Å². The Bertz CT molecular complexity index is 1080. The van der Waals surface area contributed by atoms with E-state index < -0.39 is 17.6 Å². The molecule has 2 aromatic heterocycles. The van der Waals surface area contributed by atoms with Gasteiger partial charge < -0.3 is 14.3 Å². The van der Waals surface area contributed by atoms with Gasteiger partial charge in [0, 0.05) is 19.3 Å². The van der Waals surface area contributed by atoms with Gasteiger partial charge in [0.25, 0.3) is 0 Å². The molecule has 0 spiro atoms. The SMILES string of the molecule is COC(=O)c1ccc(CO/N=C\c2c(C)nn(C)c2Oc2ccc(F)cc2F)nc1. The van der Waals surface area contributed by atoms with Crippen molar-refractivity contribution >= 4 is 12.2 Å². The quantitative estimate of drug-likeness (QED) is 0.333. The molecule has 3 aromatic rings. The Hall–Kier alpha value is -3.82. The number of rotatable bonds is 7. The van der Waals surface area contributed by atoms with Crippen LogP contribution in [-0.2, 0) is 23.2 Å². The zero-order valence-electron chi connectivity index (χ0n) is 16.4. The van der Waals surface area contributed by atoms with E-state index >= 15 is 0 Å². The van der Waals surface area contributed by atoms with Crippen LogP contribution in [0, 0.1) is 18.6 Å². The van der Waals surface area contributed by atoms with E-state index in [1.165, 1.54) is 30.3 Å². The molecule has 30 heavy (non-hydrogen) atoms. The Morgan fingerprint density at radius 3 is 2.73 bits per heavy atom. The molecule has 0 unspecified atom stereocenters. The molecule has 156 valence electrons. The largest absolute Gasteiger partial charge is 0.465 e. The molecule has 0 N–H and O–H groups in total. The fourth-order valence-electron chi connectivity index (χ4n) is 2.53. The van der Waals surface area contributed by atoms with E-state index in [2.05, 4.69) is 20.0 Å². The molecule has 0 bridgehead atoms. The van der Waals surface area contributed by atoms with Crippen molar-refractivity contribution < 1.29 is 27.9 Å². The first-order valence-corrected chi connectivity index (χ1v) is 8.74. The summed E-state index contributed by atoms with van der Waals surface area (Å²) in [6, 6.07) is 6.19. The van der Waals surface area contributed by atoms with Crippen LogP contribution in [0.4, 0.5) is 8.78 Å². The first-order chi connectivity index (χ1) is 14.4. The molecule has 0 aliphatic carbocycles. The van der Waals surface area contributed by atoms with Crippen LogP contribution in [0.1, 0.15) is 27.3 Å². The number of ether oxygens (including phenoxy) is 2. The van der Waals surface area contributed by atoms with Gasteiger partial charge in [-0.3, -0.25) is 4.98 Å². The number of benzene rings is 1. The molecule has 0 aliphatic rings. The van der Waals surface area contributed by atoms with E-state index in [9.17, 15) is 13.6 Å². The van der Waals surface area contributed by atoms with Crippen molar-refractivity contribution in [1.29, 1.82) is 0 Å². The maximum absolute atomic E-state index is 13.9. The van der Waals surface area contributed by atoms with Gasteiger partial charge in [0.1, 0.15) is 5.82 Å². The second kappa shape index (κ2) is 9.12. The van der Waals surface area contributed by atoms with Crippen LogP contribution in [0.5, 0.6) is 11.6 Å². The number of methoxy groups -OCH3 is 1. The zero-order chi connectivity index (χ0) is 21.7. The molecular formula is C20H18F2N4O4. The van der Waals surface area contributed by atoms with Crippen molar-refractivity contribution in [3.8, 4) is 11.6 Å². The summed E-state index contributed by atoms with van der Waals surface area (Å²) >= 11 is 0. The van der Waals surface area contributed by atoms with Gasteiger partial charge in [-0.05, 0) is 31.2 Å². The maximum Gasteiger partial charge on any atom is 0.339 e. The summed E-state index contributed by atoms with van der Waals surface area (Å²) in [7, 11) is 2.91. The highest BCUT2D eigenvalue weighted by Gasteiger charge is 2.16. The molecule has 10 heteroatoms. The average Bonchev–Trinajstić information content (AvgIpc) is 2.99. The standard InChI is InChI=1S/C20H18F2N4O4/c1-12-16(10-24-29-11-15-6-4-13(9-23-15)20(27)28-3)19(26(2)25-12)30-18-7-5-14(21)8-17(18)22/h4-10H,11H2,1-3H3/b24-10-. The van der Waals surface area contributed by atoms with E-state index in [0.717, 1.165) is 12.1 Å². The van der Waals surface area contributed by atoms with E-state index in [4.69, 9.17) is 9.57 Å². The van der Waals surface area contributed by atoms with Crippen molar-refractivity contribution in [2.24, 2.45) is 12.2 Å². The van der Waals surface area contributed by atoms with Crippen molar-refractivity contribution in [2.75, 3.05) is 7.11 Å². The van der Waals surface area contributed by atoms with E-state index in [1.54, 1.807) is 26.1 Å². The van der Waals surface area contributed by atoms with E-state index in [0.29, 0.717) is 22.5 Å². The average molecular weight is 416 g/mol. The Morgan fingerprint density at radius 2 is 2.07 bits per heavy atom. The summed E-state index contributed by atoms with van der Waals surface area (Å²) in [5, 5.41) is 8.10. The fourth-order valence-corrected chi connectivity index (χ4v) is 2.53. The zero-order valence-corrected chi connectivity index (χ0v) is 16.4. The van der Waals surface area contributed by atoms with E-state index in [1.807, 2.05) is 0 Å². The number of aromatic nitrogens is 3. The number of aryl methyl sites for hydroxylation is 2. The van der Waals surface area contributed by atoms with Crippen LogP contribution in [0.3, 0.4) is 0 Å². The molecule has 0 atom stereocenters. The Morgan fingerprint density at radius 1 is 1.27 bits per heavy atom. The molecule has 0 aliphatic heterocycles. The molecule has 2 heterocycles. The second-order valence-electron chi connectivity index (χ2n) is 6.14. The van der Waals surface area contributed by atoms with Crippen molar-refractivity contribution in [1.82, 2.24) is 14.8 Å². The molecule has 0 fully saturated rings. The number of nitrogens with zero attached hydrogens (tertiary/aromatic N) is 4. The number of oxime groups is 1. The first-order valence-electron chi connectivity index (χ1n) is 8.74. The molecule has 0 saturated carbocycles. The number of halogens is 2. The Kier molecular flexibility index (Phi) is 6.35. The van der Waals surface area contributed by atoms with Gasteiger partial charge in [-0.2, -0.15) is 5.10 Å². The third-order valence-electron chi connectivity index (χ3n) is 4.03. The molecule has 1 aromatic carbocycles. The van der Waals surface area contributed by atoms with Crippen molar-refractivity contribution in [3.05, 3.63) is 70.7 Å². The van der Waals surface area contributed by atoms with Crippen molar-refractivity contribution in [2.45, 2.75) is 13.5 Å². The number of esters is 1. The number of carbonyl (C=O) groups excluding carboxylic acids is 1. The predicted molar refractivity (Wildman–Crippen MR) is 102 cm³/mol. The smallest absolute Gasteiger partial charge is 0.339 e. The van der Waals surface area contributed by atoms with Gasteiger partial charge in [0.15, 0.2) is 18.2 Å². The van der Waals surface area contributed by atoms with Gasteiger partial charge in [0.05, 0.1) is 35.8 Å². The van der Waals surface area contributed by atoms with Gasteiger partial charge in [-0.15, -0.1) is 0 Å². The number of hydrogen-bond acceptors (Lipinski definition) is 7. The highest BCUT2D eigenvalue weighted by Crippen LogP contribution is 2.28. The summed E-state index contributed by atoms with van der Waals surface area (Å²) in [5.41, 5.74) is 1.91. The number of carbonyl (C=O) groups is 1. The molecule has 0 amide bonds. The van der Waals surface area contributed by atoms with E-state index in [-0.39, 0.29) is 18.2 Å². The van der Waals surface area contributed by atoms with Crippen LogP contribution in [0.15, 0.2) is 41.7 Å². The van der Waals surface area contributed by atoms with Crippen LogP contribution in [0.2, 0.25) is 0 Å². The molecule has 0 radical (unpaired) electrons. The third kappa shape index (κ3) is 4.77. The molecule has 8 nitrogen and oxygen atoms in total.